The molecule has 0 amide bonds. The van der Waals surface area contributed by atoms with Crippen molar-refractivity contribution in [1.82, 2.24) is 5.32 Å². The molecule has 0 aliphatic carbocycles. The van der Waals surface area contributed by atoms with Crippen LogP contribution in [0.5, 0.6) is 0 Å². The first-order valence-electron chi connectivity index (χ1n) is 5.34. The molecule has 17 heavy (non-hydrogen) atoms. The van der Waals surface area contributed by atoms with E-state index in [1.54, 1.807) is 18.2 Å². The molecule has 0 unspecified atom stereocenters. The van der Waals surface area contributed by atoms with Crippen LogP contribution in [0.25, 0.3) is 0 Å². The standard InChI is InChI=1S/C12H13N3O2/c13-6-9-2-1-3-10(4-9)15-12(5-11(16)17)7-14-8-12/h1-4,14-15H,5,7-8H2,(H,16,17). The zero-order chi connectivity index (χ0) is 12.3. The van der Waals surface area contributed by atoms with Gasteiger partial charge in [-0.1, -0.05) is 6.07 Å². The van der Waals surface area contributed by atoms with E-state index in [0.29, 0.717) is 18.7 Å². The predicted molar refractivity (Wildman–Crippen MR) is 62.6 cm³/mol. The zero-order valence-corrected chi connectivity index (χ0v) is 9.23. The number of carboxylic acid groups (broad SMARTS) is 1. The van der Waals surface area contributed by atoms with E-state index in [1.807, 2.05) is 6.07 Å². The molecule has 3 N–H and O–H groups in total. The van der Waals surface area contributed by atoms with Gasteiger partial charge < -0.3 is 15.7 Å². The SMILES string of the molecule is N#Cc1cccc(NC2(CC(=O)O)CNC2)c1. The first-order chi connectivity index (χ1) is 8.13. The summed E-state index contributed by atoms with van der Waals surface area (Å²) in [6.07, 6.45) is 0.0663. The van der Waals surface area contributed by atoms with E-state index >= 15 is 0 Å². The molecule has 0 radical (unpaired) electrons. The molecule has 1 heterocycles. The molecular formula is C12H13N3O2. The van der Waals surface area contributed by atoms with Crippen molar-refractivity contribution < 1.29 is 9.90 Å². The number of nitriles is 1. The second kappa shape index (κ2) is 4.44. The summed E-state index contributed by atoms with van der Waals surface area (Å²) in [7, 11) is 0. The van der Waals surface area contributed by atoms with Crippen molar-refractivity contribution in [3.63, 3.8) is 0 Å². The van der Waals surface area contributed by atoms with Crippen LogP contribution >= 0.6 is 0 Å². The summed E-state index contributed by atoms with van der Waals surface area (Å²) < 4.78 is 0. The number of nitrogens with one attached hydrogen (secondary N) is 2. The minimum absolute atomic E-state index is 0.0663. The minimum Gasteiger partial charge on any atom is -0.481 e. The van der Waals surface area contributed by atoms with Gasteiger partial charge in [-0.3, -0.25) is 4.79 Å². The van der Waals surface area contributed by atoms with Gasteiger partial charge in [0.1, 0.15) is 0 Å². The molecule has 0 aromatic heterocycles. The van der Waals surface area contributed by atoms with Gasteiger partial charge in [0, 0.05) is 18.8 Å². The average molecular weight is 231 g/mol. The fraction of sp³-hybridized carbons (Fsp3) is 0.333. The van der Waals surface area contributed by atoms with Crippen LogP contribution in [0.2, 0.25) is 0 Å². The van der Waals surface area contributed by atoms with Crippen molar-refractivity contribution in [2.24, 2.45) is 0 Å². The summed E-state index contributed by atoms with van der Waals surface area (Å²) in [6.45, 7) is 1.24. The minimum atomic E-state index is -0.824. The van der Waals surface area contributed by atoms with Gasteiger partial charge in [0.2, 0.25) is 0 Å². The monoisotopic (exact) mass is 231 g/mol. The molecule has 1 aromatic carbocycles. The van der Waals surface area contributed by atoms with E-state index in [9.17, 15) is 4.79 Å². The highest BCUT2D eigenvalue weighted by Gasteiger charge is 2.38. The quantitative estimate of drug-likeness (QED) is 0.713. The Bertz CT molecular complexity index is 475. The van der Waals surface area contributed by atoms with Crippen LogP contribution < -0.4 is 10.6 Å². The lowest BCUT2D eigenvalue weighted by Crippen LogP contribution is -2.65. The molecule has 5 nitrogen and oxygen atoms in total. The number of rotatable bonds is 4. The first kappa shape index (κ1) is 11.4. The number of aliphatic carboxylic acids is 1. The van der Waals surface area contributed by atoms with Crippen molar-refractivity contribution in [3.05, 3.63) is 29.8 Å². The molecule has 1 aliphatic rings. The number of nitrogens with zero attached hydrogens (tertiary/aromatic N) is 1. The lowest BCUT2D eigenvalue weighted by atomic mass is 9.88. The highest BCUT2D eigenvalue weighted by molar-refractivity contribution is 5.70. The van der Waals surface area contributed by atoms with E-state index in [4.69, 9.17) is 10.4 Å². The Hall–Kier alpha value is -2.06. The van der Waals surface area contributed by atoms with E-state index in [1.165, 1.54) is 0 Å². The molecule has 88 valence electrons. The molecule has 0 saturated carbocycles. The maximum Gasteiger partial charge on any atom is 0.305 e. The Kier molecular flexibility index (Phi) is 2.98. The summed E-state index contributed by atoms with van der Waals surface area (Å²) in [6, 6.07) is 9.11. The summed E-state index contributed by atoms with van der Waals surface area (Å²) in [5.74, 6) is -0.824. The van der Waals surface area contributed by atoms with Gasteiger partial charge in [0.25, 0.3) is 0 Å². The molecule has 1 aromatic rings. The molecule has 1 saturated heterocycles. The molecule has 0 spiro atoms. The maximum absolute atomic E-state index is 10.8. The van der Waals surface area contributed by atoms with Crippen LogP contribution in [0, 0.1) is 11.3 Å². The third-order valence-corrected chi connectivity index (χ3v) is 2.82. The van der Waals surface area contributed by atoms with Gasteiger partial charge in [-0.2, -0.15) is 5.26 Å². The Morgan fingerprint density at radius 1 is 1.59 bits per heavy atom. The largest absolute Gasteiger partial charge is 0.481 e. The van der Waals surface area contributed by atoms with Crippen molar-refractivity contribution in [2.45, 2.75) is 12.0 Å². The van der Waals surface area contributed by atoms with E-state index in [0.717, 1.165) is 5.69 Å². The van der Waals surface area contributed by atoms with Gasteiger partial charge in [-0.25, -0.2) is 0 Å². The molecule has 1 fully saturated rings. The number of benzene rings is 1. The van der Waals surface area contributed by atoms with E-state index < -0.39 is 11.5 Å². The van der Waals surface area contributed by atoms with Crippen molar-refractivity contribution >= 4 is 11.7 Å². The topological polar surface area (TPSA) is 85.2 Å². The fourth-order valence-corrected chi connectivity index (χ4v) is 1.95. The Labute approximate surface area is 99.1 Å². The van der Waals surface area contributed by atoms with Crippen LogP contribution in [0.3, 0.4) is 0 Å². The fourth-order valence-electron chi connectivity index (χ4n) is 1.95. The molecule has 0 bridgehead atoms. The highest BCUT2D eigenvalue weighted by atomic mass is 16.4. The van der Waals surface area contributed by atoms with Crippen molar-refractivity contribution in [2.75, 3.05) is 18.4 Å². The lowest BCUT2D eigenvalue weighted by Gasteiger charge is -2.43. The smallest absolute Gasteiger partial charge is 0.305 e. The van der Waals surface area contributed by atoms with Gasteiger partial charge in [0.15, 0.2) is 0 Å². The average Bonchev–Trinajstić information content (AvgIpc) is 2.26. The summed E-state index contributed by atoms with van der Waals surface area (Å²) in [5.41, 5.74) is 0.916. The molecule has 0 atom stereocenters. The number of hydrogen-bond donors (Lipinski definition) is 3. The molecular weight excluding hydrogens is 218 g/mol. The number of carbonyl (C=O) groups is 1. The van der Waals surface area contributed by atoms with E-state index in [-0.39, 0.29) is 6.42 Å². The second-order valence-electron chi connectivity index (χ2n) is 4.27. The summed E-state index contributed by atoms with van der Waals surface area (Å²) in [4.78, 5) is 10.8. The van der Waals surface area contributed by atoms with Crippen LogP contribution in [-0.4, -0.2) is 29.7 Å². The lowest BCUT2D eigenvalue weighted by molar-refractivity contribution is -0.138. The molecule has 2 rings (SSSR count). The van der Waals surface area contributed by atoms with Gasteiger partial charge in [-0.15, -0.1) is 0 Å². The second-order valence-corrected chi connectivity index (χ2v) is 4.27. The highest BCUT2D eigenvalue weighted by Crippen LogP contribution is 2.23. The van der Waals surface area contributed by atoms with Crippen LogP contribution in [-0.2, 0) is 4.79 Å². The Morgan fingerprint density at radius 3 is 2.88 bits per heavy atom. The van der Waals surface area contributed by atoms with Gasteiger partial charge >= 0.3 is 5.97 Å². The third kappa shape index (κ3) is 2.55. The van der Waals surface area contributed by atoms with Gasteiger partial charge in [-0.05, 0) is 18.2 Å². The predicted octanol–water partition coefficient (Wildman–Crippen LogP) is 0.787. The Balaban J connectivity index is 2.13. The van der Waals surface area contributed by atoms with Crippen LogP contribution in [0.1, 0.15) is 12.0 Å². The number of carboxylic acids is 1. The molecule has 1 aliphatic heterocycles. The summed E-state index contributed by atoms with van der Waals surface area (Å²) in [5, 5.41) is 23.9. The number of hydrogen-bond acceptors (Lipinski definition) is 4. The van der Waals surface area contributed by atoms with Crippen molar-refractivity contribution in [1.29, 1.82) is 5.26 Å². The van der Waals surface area contributed by atoms with E-state index in [2.05, 4.69) is 16.7 Å². The Morgan fingerprint density at radius 2 is 2.35 bits per heavy atom. The zero-order valence-electron chi connectivity index (χ0n) is 9.23. The first-order valence-corrected chi connectivity index (χ1v) is 5.34. The number of anilines is 1. The van der Waals surface area contributed by atoms with Crippen molar-refractivity contribution in [3.8, 4) is 6.07 Å². The third-order valence-electron chi connectivity index (χ3n) is 2.82. The van der Waals surface area contributed by atoms with Crippen LogP contribution in [0.4, 0.5) is 5.69 Å². The maximum atomic E-state index is 10.8. The molecule has 5 heteroatoms. The van der Waals surface area contributed by atoms with Gasteiger partial charge in [0.05, 0.1) is 23.6 Å². The normalized spacial score (nSPS) is 16.6. The summed E-state index contributed by atoms with van der Waals surface area (Å²) >= 11 is 0. The van der Waals surface area contributed by atoms with Crippen LogP contribution in [0.15, 0.2) is 24.3 Å².